The lowest BCUT2D eigenvalue weighted by atomic mass is 10.0. The number of nitrogens with one attached hydrogen (secondary N) is 1. The van der Waals surface area contributed by atoms with Gasteiger partial charge in [0.2, 0.25) is 5.75 Å². The Kier molecular flexibility index (Phi) is 5.08. The fourth-order valence-electron chi connectivity index (χ4n) is 2.98. The molecule has 0 radical (unpaired) electrons. The highest BCUT2D eigenvalue weighted by molar-refractivity contribution is 6.39. The maximum Gasteiger partial charge on any atom is 0.335 e. The molecule has 0 aliphatic carbocycles. The van der Waals surface area contributed by atoms with Crippen molar-refractivity contribution in [1.82, 2.24) is 5.32 Å². The van der Waals surface area contributed by atoms with Gasteiger partial charge in [0.1, 0.15) is 5.57 Å². The molecule has 1 aliphatic heterocycles. The smallest absolute Gasteiger partial charge is 0.335 e. The second-order valence-corrected chi connectivity index (χ2v) is 6.86. The van der Waals surface area contributed by atoms with Gasteiger partial charge in [0.25, 0.3) is 11.8 Å². The van der Waals surface area contributed by atoms with E-state index in [4.69, 9.17) is 11.6 Å². The molecule has 0 spiro atoms. The molecule has 0 saturated carbocycles. The fourth-order valence-corrected chi connectivity index (χ4v) is 3.20. The Morgan fingerprint density at radius 3 is 2.31 bits per heavy atom. The van der Waals surface area contributed by atoms with Crippen LogP contribution in [0.15, 0.2) is 35.9 Å². The summed E-state index contributed by atoms with van der Waals surface area (Å²) in [5, 5.41) is 23.2. The number of aromatic hydroxyl groups is 1. The fraction of sp³-hybridized carbons (Fsp3) is 0.105. The van der Waals surface area contributed by atoms with E-state index >= 15 is 0 Å². The number of benzene rings is 2. The normalized spacial score (nSPS) is 15.6. The molecule has 0 atom stereocenters. The van der Waals surface area contributed by atoms with E-state index in [1.807, 2.05) is 11.4 Å². The number of carbonyl (C=O) groups excluding carboxylic acids is 3. The Morgan fingerprint density at radius 2 is 1.72 bits per heavy atom. The number of nitro benzene ring substituents is 1. The van der Waals surface area contributed by atoms with Crippen molar-refractivity contribution in [2.45, 2.75) is 13.8 Å². The van der Waals surface area contributed by atoms with E-state index in [1.165, 1.54) is 0 Å². The molecule has 2 N–H and O–H groups in total. The number of amides is 4. The summed E-state index contributed by atoms with van der Waals surface area (Å²) in [6, 6.07) is 6.21. The van der Waals surface area contributed by atoms with Gasteiger partial charge in [0, 0.05) is 16.7 Å². The van der Waals surface area contributed by atoms with E-state index in [2.05, 4.69) is 0 Å². The molecule has 0 aromatic heterocycles. The summed E-state index contributed by atoms with van der Waals surface area (Å²) < 4.78 is 0. The van der Waals surface area contributed by atoms with Gasteiger partial charge in [-0.25, -0.2) is 9.69 Å². The second kappa shape index (κ2) is 7.36. The third-order valence-electron chi connectivity index (χ3n) is 4.15. The van der Waals surface area contributed by atoms with Crippen molar-refractivity contribution in [3.63, 3.8) is 0 Å². The highest BCUT2D eigenvalue weighted by Crippen LogP contribution is 2.35. The molecule has 2 aromatic carbocycles. The number of phenols is 1. The number of urea groups is 1. The minimum Gasteiger partial charge on any atom is -0.502 e. The molecule has 1 saturated heterocycles. The van der Waals surface area contributed by atoms with Gasteiger partial charge in [0.15, 0.2) is 0 Å². The van der Waals surface area contributed by atoms with Crippen LogP contribution >= 0.6 is 11.6 Å². The predicted octanol–water partition coefficient (Wildman–Crippen LogP) is 3.24. The number of halogens is 1. The molecule has 0 bridgehead atoms. The minimum atomic E-state index is -0.998. The van der Waals surface area contributed by atoms with E-state index < -0.39 is 39.8 Å². The molecule has 1 fully saturated rings. The molecular formula is C19H14ClN3O6. The van der Waals surface area contributed by atoms with Gasteiger partial charge in [0.05, 0.1) is 10.6 Å². The van der Waals surface area contributed by atoms with E-state index in [0.717, 1.165) is 34.2 Å². The zero-order valence-electron chi connectivity index (χ0n) is 15.2. The van der Waals surface area contributed by atoms with E-state index in [0.29, 0.717) is 0 Å². The van der Waals surface area contributed by atoms with Gasteiger partial charge in [-0.3, -0.25) is 25.0 Å². The zero-order chi connectivity index (χ0) is 21.5. The molecule has 3 rings (SSSR count). The first-order chi connectivity index (χ1) is 13.6. The quantitative estimate of drug-likeness (QED) is 0.342. The molecule has 1 aliphatic rings. The number of imide groups is 2. The number of nitrogens with zero attached hydrogens (tertiary/aromatic N) is 2. The van der Waals surface area contributed by atoms with Crippen LogP contribution < -0.4 is 10.2 Å². The lowest BCUT2D eigenvalue weighted by Crippen LogP contribution is -2.54. The van der Waals surface area contributed by atoms with Crippen LogP contribution in [0.25, 0.3) is 6.08 Å². The summed E-state index contributed by atoms with van der Waals surface area (Å²) in [7, 11) is 0. The number of anilines is 1. The predicted molar refractivity (Wildman–Crippen MR) is 105 cm³/mol. The number of hydrogen-bond donors (Lipinski definition) is 2. The van der Waals surface area contributed by atoms with Crippen molar-refractivity contribution < 1.29 is 24.4 Å². The van der Waals surface area contributed by atoms with Gasteiger partial charge in [-0.05, 0) is 49.2 Å². The largest absolute Gasteiger partial charge is 0.502 e. The highest BCUT2D eigenvalue weighted by Gasteiger charge is 2.37. The van der Waals surface area contributed by atoms with Gasteiger partial charge in [-0.2, -0.15) is 0 Å². The lowest BCUT2D eigenvalue weighted by Gasteiger charge is -2.27. The lowest BCUT2D eigenvalue weighted by molar-refractivity contribution is -0.385. The minimum absolute atomic E-state index is 0.0766. The van der Waals surface area contributed by atoms with Crippen molar-refractivity contribution >= 4 is 46.9 Å². The number of hydrogen-bond acceptors (Lipinski definition) is 6. The van der Waals surface area contributed by atoms with Gasteiger partial charge >= 0.3 is 11.7 Å². The first kappa shape index (κ1) is 20.0. The summed E-state index contributed by atoms with van der Waals surface area (Å²) >= 11 is 5.84. The maximum absolute atomic E-state index is 12.9. The number of phenolic OH excluding ortho intramolecular Hbond substituents is 1. The topological polar surface area (TPSA) is 130 Å². The maximum atomic E-state index is 12.9. The molecule has 10 heteroatoms. The number of aryl methyl sites for hydroxylation is 2. The molecular weight excluding hydrogens is 402 g/mol. The molecule has 148 valence electrons. The van der Waals surface area contributed by atoms with Crippen LogP contribution in [0.3, 0.4) is 0 Å². The number of rotatable bonds is 3. The molecule has 0 unspecified atom stereocenters. The van der Waals surface area contributed by atoms with Crippen molar-refractivity contribution in [3.05, 3.63) is 67.7 Å². The highest BCUT2D eigenvalue weighted by atomic mass is 35.5. The van der Waals surface area contributed by atoms with E-state index in [9.17, 15) is 29.6 Å². The Hall–Kier alpha value is -3.72. The first-order valence-electron chi connectivity index (χ1n) is 8.25. The van der Waals surface area contributed by atoms with E-state index in [-0.39, 0.29) is 16.3 Å². The van der Waals surface area contributed by atoms with Crippen LogP contribution in [0.2, 0.25) is 5.02 Å². The van der Waals surface area contributed by atoms with Crippen LogP contribution in [0.1, 0.15) is 16.7 Å². The first-order valence-corrected chi connectivity index (χ1v) is 8.63. The second-order valence-electron chi connectivity index (χ2n) is 6.42. The van der Waals surface area contributed by atoms with Crippen LogP contribution in [0.4, 0.5) is 16.2 Å². The Labute approximate surface area is 169 Å². The SMILES string of the molecule is Cc1cc(C)cc(N2C(=O)NC(=O)/C(=C\c3cc(Cl)cc([N+](=O)[O-])c3O)C2=O)c1. The van der Waals surface area contributed by atoms with Crippen molar-refractivity contribution in [2.75, 3.05) is 4.90 Å². The molecule has 9 nitrogen and oxygen atoms in total. The van der Waals surface area contributed by atoms with Gasteiger partial charge in [-0.1, -0.05) is 17.7 Å². The third-order valence-corrected chi connectivity index (χ3v) is 4.37. The van der Waals surface area contributed by atoms with Crippen molar-refractivity contribution in [2.24, 2.45) is 0 Å². The zero-order valence-corrected chi connectivity index (χ0v) is 16.0. The number of barbiturate groups is 1. The third kappa shape index (κ3) is 3.81. The summed E-state index contributed by atoms with van der Waals surface area (Å²) in [6.07, 6.45) is 0.952. The summed E-state index contributed by atoms with van der Waals surface area (Å²) in [5.41, 5.74) is 0.463. The van der Waals surface area contributed by atoms with E-state index in [1.54, 1.807) is 26.0 Å². The van der Waals surface area contributed by atoms with Gasteiger partial charge < -0.3 is 5.11 Å². The van der Waals surface area contributed by atoms with Crippen molar-refractivity contribution in [3.8, 4) is 5.75 Å². The summed E-state index contributed by atoms with van der Waals surface area (Å²) in [4.78, 5) is 48.4. The van der Waals surface area contributed by atoms with Gasteiger partial charge in [-0.15, -0.1) is 0 Å². The van der Waals surface area contributed by atoms with Crippen LogP contribution in [0.5, 0.6) is 5.75 Å². The number of carbonyl (C=O) groups is 3. The van der Waals surface area contributed by atoms with Crippen molar-refractivity contribution in [1.29, 1.82) is 0 Å². The molecule has 4 amide bonds. The summed E-state index contributed by atoms with van der Waals surface area (Å²) in [6.45, 7) is 3.57. The Bertz CT molecular complexity index is 1100. The standard InChI is InChI=1S/C19H14ClN3O6/c1-9-3-10(2)5-13(4-9)22-18(26)14(17(25)21-19(22)27)7-11-6-12(20)8-15(16(11)24)23(28)29/h3-8,24H,1-2H3,(H,21,25,27)/b14-7+. The molecule has 29 heavy (non-hydrogen) atoms. The molecule has 2 aromatic rings. The average Bonchev–Trinajstić information content (AvgIpc) is 2.59. The average molecular weight is 416 g/mol. The van der Waals surface area contributed by atoms with Crippen LogP contribution in [-0.2, 0) is 9.59 Å². The number of nitro groups is 1. The van der Waals surface area contributed by atoms with Crippen LogP contribution in [0, 0.1) is 24.0 Å². The summed E-state index contributed by atoms with van der Waals surface area (Å²) in [5.74, 6) is -2.70. The molecule has 1 heterocycles. The Morgan fingerprint density at radius 1 is 1.10 bits per heavy atom. The van der Waals surface area contributed by atoms with Crippen LogP contribution in [-0.4, -0.2) is 27.9 Å². The monoisotopic (exact) mass is 415 g/mol. The Balaban J connectivity index is 2.12.